The summed E-state index contributed by atoms with van der Waals surface area (Å²) in [5.74, 6) is 0.289. The van der Waals surface area contributed by atoms with Gasteiger partial charge in [-0.05, 0) is 43.7 Å². The number of hydrogen-bond acceptors (Lipinski definition) is 8. The van der Waals surface area contributed by atoms with Crippen molar-refractivity contribution in [2.75, 3.05) is 24.7 Å². The lowest BCUT2D eigenvalue weighted by Crippen LogP contribution is -2.37. The van der Waals surface area contributed by atoms with Gasteiger partial charge < -0.3 is 23.9 Å². The first-order valence-electron chi connectivity index (χ1n) is 13.4. The molecule has 7 rings (SSSR count). The SMILES string of the molecule is Cc1nc(N2C[C@@H](Oc3nc4cc(Cl)ccc4n3[C@@H]3CCOC[C@H]3C)C[C@H]2C(=O)O)c2oc3ccccc3c2n1. The molecule has 0 spiro atoms. The predicted molar refractivity (Wildman–Crippen MR) is 150 cm³/mol. The first-order chi connectivity index (χ1) is 19.4. The van der Waals surface area contributed by atoms with Gasteiger partial charge in [-0.25, -0.2) is 14.8 Å². The smallest absolute Gasteiger partial charge is 0.326 e. The Bertz CT molecular complexity index is 1770. The maximum absolute atomic E-state index is 12.5. The Morgan fingerprint density at radius 2 is 2.02 bits per heavy atom. The largest absolute Gasteiger partial charge is 0.480 e. The summed E-state index contributed by atoms with van der Waals surface area (Å²) in [6, 6.07) is 13.0. The third-order valence-electron chi connectivity index (χ3n) is 7.95. The highest BCUT2D eigenvalue weighted by Gasteiger charge is 2.41. The lowest BCUT2D eigenvalue weighted by Gasteiger charge is -2.31. The molecule has 0 bridgehead atoms. The first-order valence-corrected chi connectivity index (χ1v) is 13.8. The molecule has 2 aromatic carbocycles. The zero-order valence-corrected chi connectivity index (χ0v) is 22.8. The normalized spacial score (nSPS) is 23.4. The third kappa shape index (κ3) is 4.13. The molecule has 2 fully saturated rings. The van der Waals surface area contributed by atoms with Crippen molar-refractivity contribution in [1.82, 2.24) is 19.5 Å². The Morgan fingerprint density at radius 1 is 1.18 bits per heavy atom. The minimum Gasteiger partial charge on any atom is -0.480 e. The molecule has 0 unspecified atom stereocenters. The fourth-order valence-electron chi connectivity index (χ4n) is 6.09. The van der Waals surface area contributed by atoms with Crippen LogP contribution >= 0.6 is 11.6 Å². The fourth-order valence-corrected chi connectivity index (χ4v) is 6.25. The molecule has 3 aromatic heterocycles. The maximum atomic E-state index is 12.5. The molecule has 5 aromatic rings. The van der Waals surface area contributed by atoms with Gasteiger partial charge >= 0.3 is 5.97 Å². The minimum absolute atomic E-state index is 0.127. The molecule has 11 heteroatoms. The Labute approximate surface area is 234 Å². The van der Waals surface area contributed by atoms with E-state index >= 15 is 0 Å². The van der Waals surface area contributed by atoms with E-state index in [9.17, 15) is 9.90 Å². The van der Waals surface area contributed by atoms with Crippen LogP contribution in [0.15, 0.2) is 46.9 Å². The number of ether oxygens (including phenoxy) is 2. The molecule has 2 saturated heterocycles. The van der Waals surface area contributed by atoms with Crippen LogP contribution in [-0.2, 0) is 9.53 Å². The number of benzene rings is 2. The number of para-hydroxylation sites is 1. The molecule has 5 heterocycles. The van der Waals surface area contributed by atoms with Crippen LogP contribution in [0.1, 0.15) is 31.6 Å². The molecule has 0 aliphatic carbocycles. The lowest BCUT2D eigenvalue weighted by molar-refractivity contribution is -0.138. The molecule has 2 aliphatic rings. The van der Waals surface area contributed by atoms with Gasteiger partial charge in [-0.2, -0.15) is 4.98 Å². The van der Waals surface area contributed by atoms with Crippen LogP contribution in [0.5, 0.6) is 6.01 Å². The number of hydrogen-bond donors (Lipinski definition) is 1. The number of carboxylic acids is 1. The number of aryl methyl sites for hydroxylation is 1. The molecule has 0 amide bonds. The van der Waals surface area contributed by atoms with Crippen molar-refractivity contribution >= 4 is 56.5 Å². The zero-order chi connectivity index (χ0) is 27.5. The summed E-state index contributed by atoms with van der Waals surface area (Å²) in [5, 5.41) is 11.7. The Balaban J connectivity index is 1.28. The van der Waals surface area contributed by atoms with Crippen molar-refractivity contribution < 1.29 is 23.8 Å². The molecular formula is C29H28ClN5O5. The first kappa shape index (κ1) is 25.1. The van der Waals surface area contributed by atoms with Crippen molar-refractivity contribution in [3.8, 4) is 6.01 Å². The van der Waals surface area contributed by atoms with E-state index in [1.807, 2.05) is 42.5 Å². The number of aliphatic carboxylic acids is 1. The summed E-state index contributed by atoms with van der Waals surface area (Å²) in [6.07, 6.45) is 0.634. The number of anilines is 1. The molecule has 40 heavy (non-hydrogen) atoms. The van der Waals surface area contributed by atoms with Crippen LogP contribution in [-0.4, -0.2) is 62.5 Å². The zero-order valence-electron chi connectivity index (χ0n) is 22.1. The molecule has 0 saturated carbocycles. The van der Waals surface area contributed by atoms with E-state index in [0.29, 0.717) is 59.1 Å². The number of furan rings is 1. The Morgan fingerprint density at radius 3 is 2.85 bits per heavy atom. The highest BCUT2D eigenvalue weighted by molar-refractivity contribution is 6.31. The second kappa shape index (κ2) is 9.64. The molecule has 206 valence electrons. The molecule has 4 atom stereocenters. The fraction of sp³-hybridized carbons (Fsp3) is 0.379. The monoisotopic (exact) mass is 561 g/mol. The average molecular weight is 562 g/mol. The van der Waals surface area contributed by atoms with Gasteiger partial charge in [0.2, 0.25) is 0 Å². The second-order valence-electron chi connectivity index (χ2n) is 10.7. The molecule has 2 aliphatic heterocycles. The van der Waals surface area contributed by atoms with Crippen molar-refractivity contribution in [2.24, 2.45) is 5.92 Å². The van der Waals surface area contributed by atoms with E-state index in [1.54, 1.807) is 11.8 Å². The summed E-state index contributed by atoms with van der Waals surface area (Å²) in [6.45, 7) is 5.56. The summed E-state index contributed by atoms with van der Waals surface area (Å²) in [4.78, 5) is 28.3. The Kier molecular flexibility index (Phi) is 6.05. The minimum atomic E-state index is -0.954. The maximum Gasteiger partial charge on any atom is 0.326 e. The third-order valence-corrected chi connectivity index (χ3v) is 8.19. The second-order valence-corrected chi connectivity index (χ2v) is 11.1. The average Bonchev–Trinajstić information content (AvgIpc) is 3.62. The van der Waals surface area contributed by atoms with Gasteiger partial charge in [0.25, 0.3) is 6.01 Å². The predicted octanol–water partition coefficient (Wildman–Crippen LogP) is 5.40. The summed E-state index contributed by atoms with van der Waals surface area (Å²) in [5.41, 5.74) is 3.48. The van der Waals surface area contributed by atoms with Crippen LogP contribution in [0.4, 0.5) is 5.82 Å². The molecule has 0 radical (unpaired) electrons. The van der Waals surface area contributed by atoms with E-state index in [2.05, 4.69) is 21.5 Å². The van der Waals surface area contributed by atoms with Crippen LogP contribution in [0, 0.1) is 12.8 Å². The van der Waals surface area contributed by atoms with Gasteiger partial charge in [0.05, 0.1) is 24.2 Å². The number of carboxylic acid groups (broad SMARTS) is 1. The van der Waals surface area contributed by atoms with Crippen LogP contribution < -0.4 is 9.64 Å². The van der Waals surface area contributed by atoms with Crippen molar-refractivity contribution in [3.63, 3.8) is 0 Å². The van der Waals surface area contributed by atoms with Crippen molar-refractivity contribution in [2.45, 2.75) is 44.9 Å². The van der Waals surface area contributed by atoms with Gasteiger partial charge in [0.1, 0.15) is 29.1 Å². The standard InChI is InChI=1S/C29H28ClN5O5/c1-15-14-38-10-9-21(15)35-22-8-7-17(30)11-20(22)33-29(35)39-18-12-23(28(36)37)34(13-18)27-26-25(31-16(2)32-27)19-5-3-4-6-24(19)40-26/h3-8,11,15,18,21,23H,9-10,12-14H2,1-2H3,(H,36,37)/t15-,18+,21-,23+/m1/s1. The lowest BCUT2D eigenvalue weighted by atomic mass is 9.97. The quantitative estimate of drug-likeness (QED) is 0.301. The van der Waals surface area contributed by atoms with Crippen LogP contribution in [0.3, 0.4) is 0 Å². The molecule has 1 N–H and O–H groups in total. The van der Waals surface area contributed by atoms with Crippen molar-refractivity contribution in [3.05, 3.63) is 53.3 Å². The number of halogens is 1. The topological polar surface area (TPSA) is 116 Å². The van der Waals surface area contributed by atoms with Crippen LogP contribution in [0.2, 0.25) is 5.02 Å². The number of carbonyl (C=O) groups is 1. The van der Waals surface area contributed by atoms with Gasteiger partial charge in [-0.1, -0.05) is 30.7 Å². The number of aromatic nitrogens is 4. The molecule has 10 nitrogen and oxygen atoms in total. The van der Waals surface area contributed by atoms with Gasteiger partial charge in [-0.15, -0.1) is 0 Å². The van der Waals surface area contributed by atoms with Crippen LogP contribution in [0.25, 0.3) is 33.1 Å². The Hall–Kier alpha value is -3.89. The molecular weight excluding hydrogens is 534 g/mol. The summed E-state index contributed by atoms with van der Waals surface area (Å²) < 4.78 is 20.5. The summed E-state index contributed by atoms with van der Waals surface area (Å²) in [7, 11) is 0. The van der Waals surface area contributed by atoms with E-state index in [1.165, 1.54) is 0 Å². The number of fused-ring (bicyclic) bond motifs is 4. The van der Waals surface area contributed by atoms with E-state index in [0.717, 1.165) is 22.8 Å². The van der Waals surface area contributed by atoms with E-state index < -0.39 is 18.1 Å². The highest BCUT2D eigenvalue weighted by Crippen LogP contribution is 2.39. The van der Waals surface area contributed by atoms with Gasteiger partial charge in [-0.3, -0.25) is 4.57 Å². The van der Waals surface area contributed by atoms with Gasteiger partial charge in [0.15, 0.2) is 11.4 Å². The summed E-state index contributed by atoms with van der Waals surface area (Å²) >= 11 is 6.29. The van der Waals surface area contributed by atoms with Gasteiger partial charge in [0, 0.05) is 35.4 Å². The highest BCUT2D eigenvalue weighted by atomic mass is 35.5. The van der Waals surface area contributed by atoms with Crippen molar-refractivity contribution in [1.29, 1.82) is 0 Å². The number of rotatable bonds is 5. The van der Waals surface area contributed by atoms with E-state index in [4.69, 9.17) is 30.5 Å². The van der Waals surface area contributed by atoms with E-state index in [-0.39, 0.29) is 18.4 Å². The number of nitrogens with zero attached hydrogens (tertiary/aromatic N) is 5. The number of imidazole rings is 1.